The Morgan fingerprint density at radius 1 is 1.19 bits per heavy atom. The summed E-state index contributed by atoms with van der Waals surface area (Å²) >= 11 is 2.96. The van der Waals surface area contributed by atoms with Gasteiger partial charge in [-0.25, -0.2) is 4.98 Å². The lowest BCUT2D eigenvalue weighted by Crippen LogP contribution is -2.34. The molecule has 2 atom stereocenters. The van der Waals surface area contributed by atoms with Crippen LogP contribution in [0.3, 0.4) is 0 Å². The molecule has 2 aromatic heterocycles. The van der Waals surface area contributed by atoms with Gasteiger partial charge in [0.1, 0.15) is 0 Å². The van der Waals surface area contributed by atoms with Gasteiger partial charge in [-0.2, -0.15) is 0 Å². The molecule has 0 spiro atoms. The predicted molar refractivity (Wildman–Crippen MR) is 101 cm³/mol. The fraction of sp³-hybridized carbons (Fsp3) is 0.444. The molecule has 6 nitrogen and oxygen atoms in total. The van der Waals surface area contributed by atoms with E-state index in [0.717, 1.165) is 36.3 Å². The number of likely N-dealkylation sites (tertiary alicyclic amines) is 1. The second kappa shape index (κ2) is 7.28. The first kappa shape index (κ1) is 17.4. The molecule has 26 heavy (non-hydrogen) atoms. The number of imide groups is 1. The van der Waals surface area contributed by atoms with Crippen LogP contribution in [0.2, 0.25) is 0 Å². The molecule has 1 N–H and O–H groups in total. The van der Waals surface area contributed by atoms with Crippen LogP contribution in [0, 0.1) is 11.8 Å². The van der Waals surface area contributed by atoms with Crippen molar-refractivity contribution in [3.63, 3.8) is 0 Å². The smallest absolute Gasteiger partial charge is 0.233 e. The zero-order chi connectivity index (χ0) is 18.1. The van der Waals surface area contributed by atoms with Gasteiger partial charge in [0.05, 0.1) is 22.4 Å². The van der Waals surface area contributed by atoms with Gasteiger partial charge in [-0.3, -0.25) is 19.3 Å². The van der Waals surface area contributed by atoms with Crippen molar-refractivity contribution in [2.75, 3.05) is 11.9 Å². The van der Waals surface area contributed by atoms with Gasteiger partial charge < -0.3 is 5.32 Å². The summed E-state index contributed by atoms with van der Waals surface area (Å²) in [4.78, 5) is 43.8. The van der Waals surface area contributed by atoms with Crippen LogP contribution in [0.4, 0.5) is 5.13 Å². The molecule has 1 saturated carbocycles. The first-order valence-corrected chi connectivity index (χ1v) is 10.5. The number of nitrogens with zero attached hydrogens (tertiary/aromatic N) is 2. The number of nitrogens with one attached hydrogen (secondary N) is 1. The van der Waals surface area contributed by atoms with Crippen molar-refractivity contribution >= 4 is 45.5 Å². The minimum Gasteiger partial charge on any atom is -0.302 e. The predicted octanol–water partition coefficient (Wildman–Crippen LogP) is 3.38. The van der Waals surface area contributed by atoms with Gasteiger partial charge in [0.15, 0.2) is 5.13 Å². The normalized spacial score (nSPS) is 22.5. The topological polar surface area (TPSA) is 79.4 Å². The molecular weight excluding hydrogens is 370 g/mol. The Bertz CT molecular complexity index is 807. The van der Waals surface area contributed by atoms with E-state index < -0.39 is 0 Å². The number of hydrogen-bond donors (Lipinski definition) is 1. The maximum atomic E-state index is 12.4. The summed E-state index contributed by atoms with van der Waals surface area (Å²) in [5, 5.41) is 7.18. The van der Waals surface area contributed by atoms with E-state index in [2.05, 4.69) is 10.3 Å². The molecule has 3 heterocycles. The van der Waals surface area contributed by atoms with E-state index in [4.69, 9.17) is 0 Å². The SMILES string of the molecule is O=C(CCN1C(=O)[C@@H]2CCCC[C@H]2C1=O)Nc1nc(-c2cccs2)cs1. The lowest BCUT2D eigenvalue weighted by atomic mass is 9.81. The Hall–Kier alpha value is -2.06. The summed E-state index contributed by atoms with van der Waals surface area (Å²) in [6, 6.07) is 3.94. The third-order valence-electron chi connectivity index (χ3n) is 5.02. The summed E-state index contributed by atoms with van der Waals surface area (Å²) in [5.41, 5.74) is 0.842. The van der Waals surface area contributed by atoms with Gasteiger partial charge in [0.25, 0.3) is 0 Å². The fourth-order valence-electron chi connectivity index (χ4n) is 3.72. The van der Waals surface area contributed by atoms with E-state index in [1.807, 2.05) is 22.9 Å². The van der Waals surface area contributed by atoms with E-state index in [-0.39, 0.29) is 42.5 Å². The number of rotatable bonds is 5. The second-order valence-electron chi connectivity index (χ2n) is 6.64. The van der Waals surface area contributed by atoms with E-state index in [1.165, 1.54) is 16.2 Å². The molecule has 3 amide bonds. The van der Waals surface area contributed by atoms with Crippen LogP contribution in [-0.2, 0) is 14.4 Å². The van der Waals surface area contributed by atoms with Crippen LogP contribution in [0.25, 0.3) is 10.6 Å². The molecule has 1 saturated heterocycles. The van der Waals surface area contributed by atoms with Crippen molar-refractivity contribution in [3.8, 4) is 10.6 Å². The van der Waals surface area contributed by atoms with Crippen molar-refractivity contribution < 1.29 is 14.4 Å². The Balaban J connectivity index is 1.33. The Labute approximate surface area is 159 Å². The number of hydrogen-bond acceptors (Lipinski definition) is 6. The maximum Gasteiger partial charge on any atom is 0.233 e. The lowest BCUT2D eigenvalue weighted by Gasteiger charge is -2.19. The number of amides is 3. The molecule has 8 heteroatoms. The number of fused-ring (bicyclic) bond motifs is 1. The van der Waals surface area contributed by atoms with Gasteiger partial charge in [-0.15, -0.1) is 22.7 Å². The Kier molecular flexibility index (Phi) is 4.86. The zero-order valence-electron chi connectivity index (χ0n) is 14.1. The van der Waals surface area contributed by atoms with Crippen LogP contribution in [0.1, 0.15) is 32.1 Å². The fourth-order valence-corrected chi connectivity index (χ4v) is 5.20. The summed E-state index contributed by atoms with van der Waals surface area (Å²) in [6.07, 6.45) is 3.70. The standard InChI is InChI=1S/C18H19N3O3S2/c22-15(20-18-19-13(10-26-18)14-6-3-9-25-14)7-8-21-16(23)11-4-1-2-5-12(11)17(21)24/h3,6,9-12H,1-2,4-5,7-8H2,(H,19,20,22)/t11-,12-/m1/s1. The molecule has 2 fully saturated rings. The highest BCUT2D eigenvalue weighted by Crippen LogP contribution is 2.38. The zero-order valence-corrected chi connectivity index (χ0v) is 15.8. The molecule has 1 aliphatic carbocycles. The highest BCUT2D eigenvalue weighted by atomic mass is 32.1. The molecule has 0 radical (unpaired) electrons. The number of carbonyl (C=O) groups excluding carboxylic acids is 3. The Morgan fingerprint density at radius 2 is 1.92 bits per heavy atom. The van der Waals surface area contributed by atoms with Gasteiger partial charge in [-0.1, -0.05) is 18.9 Å². The Morgan fingerprint density at radius 3 is 2.58 bits per heavy atom. The molecule has 4 rings (SSSR count). The van der Waals surface area contributed by atoms with Gasteiger partial charge in [0.2, 0.25) is 17.7 Å². The second-order valence-corrected chi connectivity index (χ2v) is 8.44. The van der Waals surface area contributed by atoms with Crippen LogP contribution < -0.4 is 5.32 Å². The molecule has 2 aromatic rings. The number of carbonyl (C=O) groups is 3. The minimum atomic E-state index is -0.229. The van der Waals surface area contributed by atoms with Crippen LogP contribution in [0.15, 0.2) is 22.9 Å². The number of thiazole rings is 1. The maximum absolute atomic E-state index is 12.4. The van der Waals surface area contributed by atoms with E-state index in [0.29, 0.717) is 5.13 Å². The van der Waals surface area contributed by atoms with Gasteiger partial charge in [-0.05, 0) is 24.3 Å². The van der Waals surface area contributed by atoms with Gasteiger partial charge in [0, 0.05) is 18.3 Å². The van der Waals surface area contributed by atoms with Crippen molar-refractivity contribution in [1.29, 1.82) is 0 Å². The number of anilines is 1. The number of aromatic nitrogens is 1. The summed E-state index contributed by atoms with van der Waals surface area (Å²) in [5.74, 6) is -0.741. The third-order valence-corrected chi connectivity index (χ3v) is 6.67. The molecule has 0 bridgehead atoms. The molecule has 0 unspecified atom stereocenters. The van der Waals surface area contributed by atoms with Crippen molar-refractivity contribution in [2.24, 2.45) is 11.8 Å². The van der Waals surface area contributed by atoms with Crippen molar-refractivity contribution in [3.05, 3.63) is 22.9 Å². The third kappa shape index (κ3) is 3.31. The molecule has 136 valence electrons. The first-order valence-electron chi connectivity index (χ1n) is 8.78. The largest absolute Gasteiger partial charge is 0.302 e. The highest BCUT2D eigenvalue weighted by Gasteiger charge is 2.47. The first-order chi connectivity index (χ1) is 12.6. The van der Waals surface area contributed by atoms with Crippen LogP contribution in [0.5, 0.6) is 0 Å². The average molecular weight is 390 g/mol. The summed E-state index contributed by atoms with van der Waals surface area (Å²) in [7, 11) is 0. The van der Waals surface area contributed by atoms with E-state index >= 15 is 0 Å². The average Bonchev–Trinajstić information content (AvgIpc) is 3.36. The van der Waals surface area contributed by atoms with E-state index in [9.17, 15) is 14.4 Å². The number of thiophene rings is 1. The molecular formula is C18H19N3O3S2. The molecule has 2 aliphatic rings. The monoisotopic (exact) mass is 389 g/mol. The van der Waals surface area contributed by atoms with Gasteiger partial charge >= 0.3 is 0 Å². The van der Waals surface area contributed by atoms with Crippen LogP contribution >= 0.6 is 22.7 Å². The summed E-state index contributed by atoms with van der Waals surface area (Å²) in [6.45, 7) is 0.152. The highest BCUT2D eigenvalue weighted by molar-refractivity contribution is 7.16. The quantitative estimate of drug-likeness (QED) is 0.795. The van der Waals surface area contributed by atoms with Crippen molar-refractivity contribution in [2.45, 2.75) is 32.1 Å². The molecule has 0 aromatic carbocycles. The lowest BCUT2D eigenvalue weighted by molar-refractivity contribution is -0.140. The van der Waals surface area contributed by atoms with Crippen LogP contribution in [-0.4, -0.2) is 34.2 Å². The minimum absolute atomic E-state index is 0.0956. The molecule has 1 aliphatic heterocycles. The van der Waals surface area contributed by atoms with Crippen molar-refractivity contribution in [1.82, 2.24) is 9.88 Å². The summed E-state index contributed by atoms with van der Waals surface area (Å²) < 4.78 is 0. The van der Waals surface area contributed by atoms with E-state index in [1.54, 1.807) is 11.3 Å².